The molecule has 1 aromatic heterocycles. The molecule has 2 aromatic rings. The summed E-state index contributed by atoms with van der Waals surface area (Å²) in [5, 5.41) is 3.06. The van der Waals surface area contributed by atoms with E-state index in [0.717, 1.165) is 36.6 Å². The molecule has 0 saturated carbocycles. The van der Waals surface area contributed by atoms with Crippen molar-refractivity contribution in [3.05, 3.63) is 53.7 Å². The molecule has 1 saturated heterocycles. The Morgan fingerprint density at radius 2 is 1.96 bits per heavy atom. The molecule has 1 aliphatic rings. The molecule has 1 amide bonds. The largest absolute Gasteiger partial charge is 0.497 e. The molecule has 1 N–H and O–H groups in total. The van der Waals surface area contributed by atoms with E-state index in [1.165, 1.54) is 25.7 Å². The lowest BCUT2D eigenvalue weighted by atomic mass is 10.1. The summed E-state index contributed by atoms with van der Waals surface area (Å²) >= 11 is 0. The van der Waals surface area contributed by atoms with E-state index < -0.39 is 0 Å². The van der Waals surface area contributed by atoms with Gasteiger partial charge in [-0.25, -0.2) is 4.98 Å². The highest BCUT2D eigenvalue weighted by atomic mass is 16.5. The number of nitrogens with one attached hydrogen (secondary N) is 1. The number of nitrogens with zero attached hydrogens (tertiary/aromatic N) is 2. The molecule has 2 heterocycles. The number of hydrogen-bond acceptors (Lipinski definition) is 4. The predicted octanol–water partition coefficient (Wildman–Crippen LogP) is 3.83. The van der Waals surface area contributed by atoms with Crippen molar-refractivity contribution in [2.75, 3.05) is 25.1 Å². The van der Waals surface area contributed by atoms with Gasteiger partial charge in [-0.15, -0.1) is 0 Å². The monoisotopic (exact) mass is 367 g/mol. The lowest BCUT2D eigenvalue weighted by Crippen LogP contribution is -2.34. The van der Waals surface area contributed by atoms with Crippen molar-refractivity contribution in [2.24, 2.45) is 0 Å². The fourth-order valence-corrected chi connectivity index (χ4v) is 3.52. The quantitative estimate of drug-likeness (QED) is 0.843. The summed E-state index contributed by atoms with van der Waals surface area (Å²) in [7, 11) is 1.66. The first-order valence-electron chi connectivity index (χ1n) is 9.80. The van der Waals surface area contributed by atoms with Gasteiger partial charge < -0.3 is 15.0 Å². The Morgan fingerprint density at radius 1 is 1.19 bits per heavy atom. The molecule has 27 heavy (non-hydrogen) atoms. The van der Waals surface area contributed by atoms with Crippen LogP contribution in [0, 0.1) is 0 Å². The molecule has 1 aliphatic heterocycles. The molecule has 5 heteroatoms. The number of carbonyl (C=O) groups excluding carboxylic acids is 1. The zero-order valence-corrected chi connectivity index (χ0v) is 16.3. The van der Waals surface area contributed by atoms with Gasteiger partial charge in [0.25, 0.3) is 5.91 Å². The van der Waals surface area contributed by atoms with Crippen molar-refractivity contribution in [1.82, 2.24) is 10.3 Å². The van der Waals surface area contributed by atoms with Crippen LogP contribution in [-0.4, -0.2) is 37.1 Å². The molecule has 5 nitrogen and oxygen atoms in total. The third-order valence-electron chi connectivity index (χ3n) is 4.99. The van der Waals surface area contributed by atoms with Crippen LogP contribution in [-0.2, 0) is 6.42 Å². The second kappa shape index (κ2) is 9.40. The van der Waals surface area contributed by atoms with E-state index in [0.29, 0.717) is 5.56 Å². The van der Waals surface area contributed by atoms with Gasteiger partial charge in [0.05, 0.1) is 12.7 Å². The van der Waals surface area contributed by atoms with Gasteiger partial charge in [0.1, 0.15) is 11.6 Å². The lowest BCUT2D eigenvalue weighted by molar-refractivity contribution is 0.0940. The van der Waals surface area contributed by atoms with Gasteiger partial charge in [0.15, 0.2) is 0 Å². The highest BCUT2D eigenvalue weighted by Crippen LogP contribution is 2.18. The van der Waals surface area contributed by atoms with Gasteiger partial charge in [-0.05, 0) is 56.0 Å². The molecule has 0 spiro atoms. The first-order valence-corrected chi connectivity index (χ1v) is 9.80. The summed E-state index contributed by atoms with van der Waals surface area (Å²) in [5.41, 5.74) is 1.74. The second-order valence-corrected chi connectivity index (χ2v) is 7.24. The molecule has 1 unspecified atom stereocenters. The summed E-state index contributed by atoms with van der Waals surface area (Å²) in [6.45, 7) is 4.11. The average molecular weight is 367 g/mol. The third-order valence-corrected chi connectivity index (χ3v) is 4.99. The van der Waals surface area contributed by atoms with E-state index in [4.69, 9.17) is 4.74 Å². The Balaban J connectivity index is 1.56. The van der Waals surface area contributed by atoms with E-state index >= 15 is 0 Å². The molecule has 0 radical (unpaired) electrons. The van der Waals surface area contributed by atoms with Crippen LogP contribution in [0.3, 0.4) is 0 Å². The van der Waals surface area contributed by atoms with Crippen LogP contribution >= 0.6 is 0 Å². The number of amides is 1. The maximum absolute atomic E-state index is 12.5. The average Bonchev–Trinajstić information content (AvgIpc) is 2.97. The molecular formula is C22H29N3O2. The summed E-state index contributed by atoms with van der Waals surface area (Å²) in [6, 6.07) is 11.8. The number of carbonyl (C=O) groups is 1. The molecule has 144 valence electrons. The molecule has 0 aliphatic carbocycles. The Labute approximate surface area is 161 Å². The van der Waals surface area contributed by atoms with Crippen molar-refractivity contribution in [1.29, 1.82) is 0 Å². The van der Waals surface area contributed by atoms with Crippen molar-refractivity contribution in [3.63, 3.8) is 0 Å². The number of ether oxygens (including phenoxy) is 1. The van der Waals surface area contributed by atoms with Crippen LogP contribution in [0.4, 0.5) is 5.82 Å². The minimum Gasteiger partial charge on any atom is -0.497 e. The number of benzene rings is 1. The molecule has 3 rings (SSSR count). The van der Waals surface area contributed by atoms with Crippen LogP contribution in [0.15, 0.2) is 42.6 Å². The number of aromatic nitrogens is 1. The highest BCUT2D eigenvalue weighted by Gasteiger charge is 2.14. The Kier molecular flexibility index (Phi) is 6.69. The van der Waals surface area contributed by atoms with Crippen molar-refractivity contribution in [3.8, 4) is 5.75 Å². The van der Waals surface area contributed by atoms with Gasteiger partial charge in [-0.2, -0.15) is 0 Å². The van der Waals surface area contributed by atoms with Gasteiger partial charge >= 0.3 is 0 Å². The van der Waals surface area contributed by atoms with Crippen LogP contribution < -0.4 is 15.0 Å². The normalized spacial score (nSPS) is 15.7. The summed E-state index contributed by atoms with van der Waals surface area (Å²) in [5.74, 6) is 1.72. The SMILES string of the molecule is COc1cccc(CC(C)NC(=O)c2ccc(N3CCCCCC3)nc2)c1. The molecule has 1 aromatic carbocycles. The first kappa shape index (κ1) is 19.2. The van der Waals surface area contributed by atoms with Gasteiger partial charge in [0.2, 0.25) is 0 Å². The third kappa shape index (κ3) is 5.46. The van der Waals surface area contributed by atoms with Gasteiger partial charge in [-0.1, -0.05) is 25.0 Å². The minimum atomic E-state index is -0.0830. The van der Waals surface area contributed by atoms with E-state index in [1.54, 1.807) is 13.3 Å². The predicted molar refractivity (Wildman–Crippen MR) is 109 cm³/mol. The van der Waals surface area contributed by atoms with Gasteiger partial charge in [-0.3, -0.25) is 4.79 Å². The summed E-state index contributed by atoms with van der Waals surface area (Å²) in [4.78, 5) is 19.4. The molecule has 0 bridgehead atoms. The first-order chi connectivity index (χ1) is 13.2. The van der Waals surface area contributed by atoms with E-state index in [2.05, 4.69) is 15.2 Å². The lowest BCUT2D eigenvalue weighted by Gasteiger charge is -2.21. The fourth-order valence-electron chi connectivity index (χ4n) is 3.52. The Bertz CT molecular complexity index is 737. The Morgan fingerprint density at radius 3 is 2.63 bits per heavy atom. The molecular weight excluding hydrogens is 338 g/mol. The summed E-state index contributed by atoms with van der Waals surface area (Å²) < 4.78 is 5.26. The van der Waals surface area contributed by atoms with Crippen LogP contribution in [0.2, 0.25) is 0 Å². The van der Waals surface area contributed by atoms with E-state index in [-0.39, 0.29) is 11.9 Å². The van der Waals surface area contributed by atoms with E-state index in [9.17, 15) is 4.79 Å². The Hall–Kier alpha value is -2.56. The van der Waals surface area contributed by atoms with Crippen molar-refractivity contribution < 1.29 is 9.53 Å². The smallest absolute Gasteiger partial charge is 0.253 e. The number of anilines is 1. The molecule has 1 atom stereocenters. The maximum Gasteiger partial charge on any atom is 0.253 e. The number of methoxy groups -OCH3 is 1. The second-order valence-electron chi connectivity index (χ2n) is 7.24. The topological polar surface area (TPSA) is 54.5 Å². The summed E-state index contributed by atoms with van der Waals surface area (Å²) in [6.07, 6.45) is 7.46. The fraction of sp³-hybridized carbons (Fsp3) is 0.455. The zero-order valence-electron chi connectivity index (χ0n) is 16.3. The standard InChI is InChI=1S/C22H29N3O2/c1-17(14-18-8-7-9-20(15-18)27-2)24-22(26)19-10-11-21(23-16-19)25-12-5-3-4-6-13-25/h7-11,15-17H,3-6,12-14H2,1-2H3,(H,24,26). The van der Waals surface area contributed by atoms with Crippen LogP contribution in [0.1, 0.15) is 48.5 Å². The number of hydrogen-bond donors (Lipinski definition) is 1. The van der Waals surface area contributed by atoms with Crippen molar-refractivity contribution in [2.45, 2.75) is 45.1 Å². The highest BCUT2D eigenvalue weighted by molar-refractivity contribution is 5.94. The van der Waals surface area contributed by atoms with E-state index in [1.807, 2.05) is 43.3 Å². The molecule has 1 fully saturated rings. The minimum absolute atomic E-state index is 0.0230. The zero-order chi connectivity index (χ0) is 19.1. The van der Waals surface area contributed by atoms with Crippen LogP contribution in [0.5, 0.6) is 5.75 Å². The number of pyridine rings is 1. The van der Waals surface area contributed by atoms with Crippen LogP contribution in [0.25, 0.3) is 0 Å². The number of rotatable bonds is 6. The maximum atomic E-state index is 12.5. The van der Waals surface area contributed by atoms with Crippen molar-refractivity contribution >= 4 is 11.7 Å². The van der Waals surface area contributed by atoms with Gasteiger partial charge in [0, 0.05) is 25.3 Å².